The average molecular weight is 331 g/mol. The highest BCUT2D eigenvalue weighted by Gasteiger charge is 2.29. The van der Waals surface area contributed by atoms with Crippen LogP contribution in [0.4, 0.5) is 4.39 Å². The monoisotopic (exact) mass is 330 g/mol. The van der Waals surface area contributed by atoms with E-state index in [0.29, 0.717) is 13.0 Å². The molecule has 0 saturated carbocycles. The number of hydrazine groups is 1. The first kappa shape index (κ1) is 16.5. The molecule has 0 bridgehead atoms. The minimum Gasteiger partial charge on any atom is -0.484 e. The second kappa shape index (κ2) is 7.42. The lowest BCUT2D eigenvalue weighted by Gasteiger charge is -2.32. The average Bonchev–Trinajstić information content (AvgIpc) is 2.49. The van der Waals surface area contributed by atoms with Crippen LogP contribution >= 0.6 is 11.6 Å². The fraction of sp³-hybridized carbons (Fsp3) is 0.429. The van der Waals surface area contributed by atoms with E-state index < -0.39 is 23.7 Å². The number of hydrogen-bond donors (Lipinski definition) is 2. The second-order valence-electron chi connectivity index (χ2n) is 4.94. The Morgan fingerprint density at radius 3 is 2.91 bits per heavy atom. The van der Waals surface area contributed by atoms with E-state index >= 15 is 0 Å². The van der Waals surface area contributed by atoms with Crippen molar-refractivity contribution in [1.82, 2.24) is 10.4 Å². The summed E-state index contributed by atoms with van der Waals surface area (Å²) in [5.41, 5.74) is 2.52. The number of aliphatic carboxylic acids is 1. The number of carboxylic acids is 1. The first-order chi connectivity index (χ1) is 10.5. The van der Waals surface area contributed by atoms with Gasteiger partial charge in [0.1, 0.15) is 17.6 Å². The Kier molecular flexibility index (Phi) is 5.57. The number of rotatable bonds is 5. The number of amides is 1. The minimum atomic E-state index is -0.972. The number of benzene rings is 1. The number of nitrogens with zero attached hydrogens (tertiary/aromatic N) is 1. The molecule has 1 fully saturated rings. The zero-order valence-electron chi connectivity index (χ0n) is 11.7. The third-order valence-electron chi connectivity index (χ3n) is 3.32. The molecule has 0 radical (unpaired) electrons. The van der Waals surface area contributed by atoms with Gasteiger partial charge in [-0.05, 0) is 31.4 Å². The van der Waals surface area contributed by atoms with Crippen LogP contribution in [0.5, 0.6) is 5.75 Å². The Morgan fingerprint density at radius 1 is 1.45 bits per heavy atom. The van der Waals surface area contributed by atoms with Crippen LogP contribution in [0.3, 0.4) is 0 Å². The zero-order chi connectivity index (χ0) is 16.1. The van der Waals surface area contributed by atoms with E-state index in [1.165, 1.54) is 17.1 Å². The molecule has 2 rings (SSSR count). The predicted molar refractivity (Wildman–Crippen MR) is 77.0 cm³/mol. The van der Waals surface area contributed by atoms with Crippen molar-refractivity contribution in [2.75, 3.05) is 13.2 Å². The van der Waals surface area contributed by atoms with Gasteiger partial charge in [0.15, 0.2) is 6.61 Å². The van der Waals surface area contributed by atoms with Gasteiger partial charge < -0.3 is 9.84 Å². The number of piperidine rings is 1. The Morgan fingerprint density at radius 2 is 2.23 bits per heavy atom. The van der Waals surface area contributed by atoms with Crippen LogP contribution in [-0.2, 0) is 9.59 Å². The molecule has 0 aliphatic carbocycles. The second-order valence-corrected chi connectivity index (χ2v) is 5.35. The van der Waals surface area contributed by atoms with Gasteiger partial charge in [-0.3, -0.25) is 15.0 Å². The molecule has 1 unspecified atom stereocenters. The smallest absolute Gasteiger partial charge is 0.322 e. The molecule has 1 amide bonds. The number of ether oxygens (including phenoxy) is 1. The van der Waals surface area contributed by atoms with Crippen molar-refractivity contribution in [3.8, 4) is 5.75 Å². The van der Waals surface area contributed by atoms with Gasteiger partial charge in [0, 0.05) is 12.6 Å². The van der Waals surface area contributed by atoms with Crippen LogP contribution in [0.25, 0.3) is 0 Å². The topological polar surface area (TPSA) is 78.9 Å². The van der Waals surface area contributed by atoms with Crippen molar-refractivity contribution < 1.29 is 23.8 Å². The van der Waals surface area contributed by atoms with Gasteiger partial charge in [-0.25, -0.2) is 9.40 Å². The van der Waals surface area contributed by atoms with Gasteiger partial charge in [-0.1, -0.05) is 11.6 Å². The fourth-order valence-electron chi connectivity index (χ4n) is 2.23. The Labute approximate surface area is 131 Å². The lowest BCUT2D eigenvalue weighted by atomic mass is 10.0. The summed E-state index contributed by atoms with van der Waals surface area (Å²) in [5, 5.41) is 10.5. The number of nitrogens with one attached hydrogen (secondary N) is 1. The van der Waals surface area contributed by atoms with Gasteiger partial charge in [-0.15, -0.1) is 0 Å². The standard InChI is InChI=1S/C14H16ClFN2O4/c15-10-5-4-9(7-11(10)16)22-8-13(19)17-18-6-2-1-3-12(18)14(20)21/h4-5,7,12H,1-3,6,8H2,(H,17,19)(H,20,21). The van der Waals surface area contributed by atoms with Crippen LogP contribution < -0.4 is 10.2 Å². The number of halogens is 2. The number of carbonyl (C=O) groups is 2. The van der Waals surface area contributed by atoms with E-state index in [1.54, 1.807) is 0 Å². The maximum atomic E-state index is 13.2. The van der Waals surface area contributed by atoms with Gasteiger partial charge in [0.2, 0.25) is 0 Å². The van der Waals surface area contributed by atoms with E-state index in [1.807, 2.05) is 0 Å². The Bertz CT molecular complexity index is 570. The third kappa shape index (κ3) is 4.32. The number of hydrogen-bond acceptors (Lipinski definition) is 4. The summed E-state index contributed by atoms with van der Waals surface area (Å²) in [6, 6.07) is 3.12. The van der Waals surface area contributed by atoms with Gasteiger partial charge in [-0.2, -0.15) is 0 Å². The largest absolute Gasteiger partial charge is 0.484 e. The first-order valence-electron chi connectivity index (χ1n) is 6.84. The lowest BCUT2D eigenvalue weighted by Crippen LogP contribution is -2.54. The van der Waals surface area contributed by atoms with Crippen molar-refractivity contribution in [2.45, 2.75) is 25.3 Å². The molecule has 1 atom stereocenters. The summed E-state index contributed by atoms with van der Waals surface area (Å²) in [7, 11) is 0. The molecule has 1 aromatic rings. The van der Waals surface area contributed by atoms with E-state index in [4.69, 9.17) is 21.4 Å². The normalized spacial score (nSPS) is 18.7. The maximum Gasteiger partial charge on any atom is 0.322 e. The Balaban J connectivity index is 1.86. The van der Waals surface area contributed by atoms with E-state index in [0.717, 1.165) is 18.9 Å². The van der Waals surface area contributed by atoms with Crippen molar-refractivity contribution in [1.29, 1.82) is 0 Å². The summed E-state index contributed by atoms with van der Waals surface area (Å²) < 4.78 is 18.4. The number of carboxylic acid groups (broad SMARTS) is 1. The van der Waals surface area contributed by atoms with Crippen molar-refractivity contribution in [3.63, 3.8) is 0 Å². The molecular formula is C14H16ClFN2O4. The SMILES string of the molecule is O=C(COc1ccc(Cl)c(F)c1)NN1CCCCC1C(=O)O. The first-order valence-corrected chi connectivity index (χ1v) is 7.22. The molecule has 1 aromatic carbocycles. The third-order valence-corrected chi connectivity index (χ3v) is 3.62. The molecule has 22 heavy (non-hydrogen) atoms. The van der Waals surface area contributed by atoms with Gasteiger partial charge in [0.05, 0.1) is 5.02 Å². The predicted octanol–water partition coefficient (Wildman–Crippen LogP) is 1.83. The molecule has 120 valence electrons. The van der Waals surface area contributed by atoms with Crippen LogP contribution in [0, 0.1) is 5.82 Å². The molecular weight excluding hydrogens is 315 g/mol. The summed E-state index contributed by atoms with van der Waals surface area (Å²) in [6.45, 7) is 0.127. The van der Waals surface area contributed by atoms with Crippen LogP contribution in [0.2, 0.25) is 5.02 Å². The van der Waals surface area contributed by atoms with Crippen molar-refractivity contribution >= 4 is 23.5 Å². The quantitative estimate of drug-likeness (QED) is 0.861. The van der Waals surface area contributed by atoms with Crippen LogP contribution in [0.1, 0.15) is 19.3 Å². The fourth-order valence-corrected chi connectivity index (χ4v) is 2.35. The van der Waals surface area contributed by atoms with E-state index in [2.05, 4.69) is 5.43 Å². The molecule has 1 saturated heterocycles. The molecule has 0 aromatic heterocycles. The molecule has 0 spiro atoms. The van der Waals surface area contributed by atoms with Crippen molar-refractivity contribution in [3.05, 3.63) is 29.0 Å². The van der Waals surface area contributed by atoms with E-state index in [-0.39, 0.29) is 17.4 Å². The number of carbonyl (C=O) groups excluding carboxylic acids is 1. The van der Waals surface area contributed by atoms with Crippen molar-refractivity contribution in [2.24, 2.45) is 0 Å². The highest BCUT2D eigenvalue weighted by Crippen LogP contribution is 2.20. The summed E-state index contributed by atoms with van der Waals surface area (Å²) in [4.78, 5) is 22.9. The molecule has 1 aliphatic rings. The molecule has 1 heterocycles. The molecule has 6 nitrogen and oxygen atoms in total. The molecule has 1 aliphatic heterocycles. The zero-order valence-corrected chi connectivity index (χ0v) is 12.5. The summed E-state index contributed by atoms with van der Waals surface area (Å²) >= 11 is 5.55. The maximum absolute atomic E-state index is 13.2. The van der Waals surface area contributed by atoms with Crippen LogP contribution in [0.15, 0.2) is 18.2 Å². The summed E-state index contributed by atoms with van der Waals surface area (Å²) in [5.74, 6) is -1.93. The minimum absolute atomic E-state index is 0.0329. The van der Waals surface area contributed by atoms with Gasteiger partial charge in [0.25, 0.3) is 5.91 Å². The summed E-state index contributed by atoms with van der Waals surface area (Å²) in [6.07, 6.45) is 2.11. The van der Waals surface area contributed by atoms with E-state index in [9.17, 15) is 14.0 Å². The lowest BCUT2D eigenvalue weighted by molar-refractivity contribution is -0.148. The van der Waals surface area contributed by atoms with Gasteiger partial charge >= 0.3 is 5.97 Å². The molecule has 2 N–H and O–H groups in total. The molecule has 8 heteroatoms. The Hall–Kier alpha value is -1.86. The highest BCUT2D eigenvalue weighted by atomic mass is 35.5. The van der Waals surface area contributed by atoms with Crippen LogP contribution in [-0.4, -0.2) is 41.2 Å². The highest BCUT2D eigenvalue weighted by molar-refractivity contribution is 6.30.